The van der Waals surface area contributed by atoms with Crippen molar-refractivity contribution in [3.05, 3.63) is 47.8 Å². The number of hydrogen-bond donors (Lipinski definition) is 1. The van der Waals surface area contributed by atoms with Crippen LogP contribution in [0.25, 0.3) is 0 Å². The van der Waals surface area contributed by atoms with Crippen LogP contribution >= 0.6 is 0 Å². The number of benzene rings is 1. The molecule has 7 heteroatoms. The number of carbonyl (C=O) groups excluding carboxylic acids is 1. The number of likely N-dealkylation sites (tertiary alicyclic amines) is 1. The quantitative estimate of drug-likeness (QED) is 0.927. The molecule has 3 rings (SSSR count). The average Bonchev–Trinajstić information content (AvgIpc) is 3.09. The Bertz CT molecular complexity index is 667. The highest BCUT2D eigenvalue weighted by Gasteiger charge is 2.26. The molecule has 7 nitrogen and oxygen atoms in total. The van der Waals surface area contributed by atoms with Gasteiger partial charge in [0, 0.05) is 24.8 Å². The number of aromatic nitrogens is 3. The molecular formula is C15H16N4O3. The zero-order chi connectivity index (χ0) is 15.5. The van der Waals surface area contributed by atoms with E-state index in [1.807, 2.05) is 0 Å². The smallest absolute Gasteiger partial charge is 0.335 e. The Morgan fingerprint density at radius 2 is 1.91 bits per heavy atom. The van der Waals surface area contributed by atoms with Crippen LogP contribution in [-0.2, 0) is 0 Å². The fourth-order valence-electron chi connectivity index (χ4n) is 2.71. The zero-order valence-electron chi connectivity index (χ0n) is 11.9. The van der Waals surface area contributed by atoms with Gasteiger partial charge in [0.25, 0.3) is 5.91 Å². The molecule has 0 aliphatic carbocycles. The minimum atomic E-state index is -0.997. The largest absolute Gasteiger partial charge is 0.478 e. The second-order valence-electron chi connectivity index (χ2n) is 5.31. The Balaban J connectivity index is 1.72. The molecule has 1 atom stereocenters. The second kappa shape index (κ2) is 5.97. The molecule has 114 valence electrons. The van der Waals surface area contributed by atoms with Crippen LogP contribution in [0, 0.1) is 0 Å². The summed E-state index contributed by atoms with van der Waals surface area (Å²) in [6, 6.07) is 6.16. The van der Waals surface area contributed by atoms with Gasteiger partial charge in [-0.05, 0) is 37.1 Å². The van der Waals surface area contributed by atoms with Crippen molar-refractivity contribution >= 4 is 11.9 Å². The minimum absolute atomic E-state index is 0.0817. The number of carboxylic acid groups (broad SMARTS) is 1. The molecule has 0 spiro atoms. The topological polar surface area (TPSA) is 88.3 Å². The van der Waals surface area contributed by atoms with Gasteiger partial charge < -0.3 is 10.0 Å². The van der Waals surface area contributed by atoms with Gasteiger partial charge in [0.15, 0.2) is 0 Å². The third-order valence-electron chi connectivity index (χ3n) is 3.88. The van der Waals surface area contributed by atoms with Crippen molar-refractivity contribution in [3.63, 3.8) is 0 Å². The molecule has 1 unspecified atom stereocenters. The van der Waals surface area contributed by atoms with Gasteiger partial charge in [-0.15, -0.1) is 5.10 Å². The van der Waals surface area contributed by atoms with Gasteiger partial charge in [0.1, 0.15) is 0 Å². The van der Waals surface area contributed by atoms with Crippen molar-refractivity contribution in [3.8, 4) is 0 Å². The fourth-order valence-corrected chi connectivity index (χ4v) is 2.71. The maximum atomic E-state index is 12.5. The van der Waals surface area contributed by atoms with Crippen molar-refractivity contribution in [2.75, 3.05) is 13.1 Å². The van der Waals surface area contributed by atoms with E-state index < -0.39 is 5.97 Å². The number of hydrogen-bond acceptors (Lipinski definition) is 4. The molecule has 1 aliphatic heterocycles. The van der Waals surface area contributed by atoms with Crippen LogP contribution in [0.4, 0.5) is 0 Å². The molecule has 1 aliphatic rings. The molecule has 1 aromatic heterocycles. The number of carbonyl (C=O) groups is 2. The van der Waals surface area contributed by atoms with Crippen molar-refractivity contribution in [1.82, 2.24) is 19.9 Å². The van der Waals surface area contributed by atoms with E-state index in [-0.39, 0.29) is 17.5 Å². The SMILES string of the molecule is O=C(O)c1ccc(C(=O)N2CCCC(n3ccnn3)C2)cc1. The molecule has 1 N–H and O–H groups in total. The first kappa shape index (κ1) is 14.2. The summed E-state index contributed by atoms with van der Waals surface area (Å²) < 4.78 is 1.78. The summed E-state index contributed by atoms with van der Waals surface area (Å²) in [4.78, 5) is 25.2. The number of amides is 1. The molecule has 1 aromatic carbocycles. The van der Waals surface area contributed by atoms with Crippen LogP contribution in [0.2, 0.25) is 0 Å². The van der Waals surface area contributed by atoms with Crippen molar-refractivity contribution in [2.45, 2.75) is 18.9 Å². The zero-order valence-corrected chi connectivity index (χ0v) is 11.9. The van der Waals surface area contributed by atoms with E-state index in [4.69, 9.17) is 5.11 Å². The minimum Gasteiger partial charge on any atom is -0.478 e. The average molecular weight is 300 g/mol. The van der Waals surface area contributed by atoms with Crippen LogP contribution in [-0.4, -0.2) is 50.0 Å². The summed E-state index contributed by atoms with van der Waals surface area (Å²) in [5.74, 6) is -1.08. The van der Waals surface area contributed by atoms with Crippen LogP contribution in [0.3, 0.4) is 0 Å². The predicted molar refractivity (Wildman–Crippen MR) is 77.6 cm³/mol. The van der Waals surface area contributed by atoms with Crippen molar-refractivity contribution in [1.29, 1.82) is 0 Å². The Kier molecular flexibility index (Phi) is 3.86. The summed E-state index contributed by atoms with van der Waals surface area (Å²) in [5, 5.41) is 16.7. The number of rotatable bonds is 3. The normalized spacial score (nSPS) is 18.2. The van der Waals surface area contributed by atoms with E-state index in [9.17, 15) is 9.59 Å². The first-order valence-corrected chi connectivity index (χ1v) is 7.13. The van der Waals surface area contributed by atoms with Gasteiger partial charge in [-0.1, -0.05) is 5.21 Å². The maximum Gasteiger partial charge on any atom is 0.335 e. The van der Waals surface area contributed by atoms with Gasteiger partial charge in [-0.25, -0.2) is 9.48 Å². The Labute approximate surface area is 127 Å². The summed E-state index contributed by atoms with van der Waals surface area (Å²) in [5.41, 5.74) is 0.680. The lowest BCUT2D eigenvalue weighted by molar-refractivity contribution is 0.0666. The van der Waals surface area contributed by atoms with E-state index in [1.165, 1.54) is 12.1 Å². The molecule has 0 radical (unpaired) electrons. The number of piperidine rings is 1. The van der Waals surface area contributed by atoms with E-state index in [2.05, 4.69) is 10.3 Å². The molecule has 1 saturated heterocycles. The maximum absolute atomic E-state index is 12.5. The standard InChI is InChI=1S/C15H16N4O3/c20-14(11-3-5-12(6-4-11)15(21)22)18-8-1-2-13(10-18)19-9-7-16-17-19/h3-7,9,13H,1-2,8,10H2,(H,21,22). The number of nitrogens with zero attached hydrogens (tertiary/aromatic N) is 4. The summed E-state index contributed by atoms with van der Waals surface area (Å²) >= 11 is 0. The molecule has 1 fully saturated rings. The second-order valence-corrected chi connectivity index (χ2v) is 5.31. The Morgan fingerprint density at radius 3 is 2.55 bits per heavy atom. The highest BCUT2D eigenvalue weighted by atomic mass is 16.4. The van der Waals surface area contributed by atoms with Gasteiger partial charge >= 0.3 is 5.97 Å². The molecule has 0 saturated carbocycles. The predicted octanol–water partition coefficient (Wildman–Crippen LogP) is 1.45. The third kappa shape index (κ3) is 2.83. The molecule has 2 aromatic rings. The lowest BCUT2D eigenvalue weighted by Crippen LogP contribution is -2.40. The highest BCUT2D eigenvalue weighted by molar-refractivity contribution is 5.96. The van der Waals surface area contributed by atoms with Crippen molar-refractivity contribution < 1.29 is 14.7 Å². The summed E-state index contributed by atoms with van der Waals surface area (Å²) in [7, 11) is 0. The Hall–Kier alpha value is -2.70. The van der Waals surface area contributed by atoms with E-state index in [0.717, 1.165) is 12.8 Å². The van der Waals surface area contributed by atoms with Crippen LogP contribution in [0.5, 0.6) is 0 Å². The first-order chi connectivity index (χ1) is 10.6. The van der Waals surface area contributed by atoms with Gasteiger partial charge in [0.2, 0.25) is 0 Å². The number of aromatic carboxylic acids is 1. The van der Waals surface area contributed by atoms with Crippen molar-refractivity contribution in [2.24, 2.45) is 0 Å². The molecule has 2 heterocycles. The van der Waals surface area contributed by atoms with Gasteiger partial charge in [-0.2, -0.15) is 0 Å². The van der Waals surface area contributed by atoms with Crippen LogP contribution in [0.15, 0.2) is 36.7 Å². The molecule has 22 heavy (non-hydrogen) atoms. The van der Waals surface area contributed by atoms with E-state index in [1.54, 1.807) is 34.1 Å². The van der Waals surface area contributed by atoms with E-state index >= 15 is 0 Å². The summed E-state index contributed by atoms with van der Waals surface area (Å²) in [6.07, 6.45) is 5.31. The van der Waals surface area contributed by atoms with Crippen LogP contribution in [0.1, 0.15) is 39.6 Å². The lowest BCUT2D eigenvalue weighted by Gasteiger charge is -2.32. The number of carboxylic acids is 1. The van der Waals surface area contributed by atoms with Crippen LogP contribution < -0.4 is 0 Å². The Morgan fingerprint density at radius 1 is 1.18 bits per heavy atom. The molecule has 0 bridgehead atoms. The molecule has 1 amide bonds. The summed E-state index contributed by atoms with van der Waals surface area (Å²) in [6.45, 7) is 1.29. The molecular weight excluding hydrogens is 284 g/mol. The van der Waals surface area contributed by atoms with Gasteiger partial charge in [-0.3, -0.25) is 4.79 Å². The van der Waals surface area contributed by atoms with Gasteiger partial charge in [0.05, 0.1) is 17.8 Å². The highest BCUT2D eigenvalue weighted by Crippen LogP contribution is 2.22. The first-order valence-electron chi connectivity index (χ1n) is 7.13. The lowest BCUT2D eigenvalue weighted by atomic mass is 10.0. The fraction of sp³-hybridized carbons (Fsp3) is 0.333. The monoisotopic (exact) mass is 300 g/mol. The third-order valence-corrected chi connectivity index (χ3v) is 3.88. The van der Waals surface area contributed by atoms with E-state index in [0.29, 0.717) is 18.7 Å².